The van der Waals surface area contributed by atoms with Crippen molar-refractivity contribution in [3.63, 3.8) is 0 Å². The van der Waals surface area contributed by atoms with Crippen LogP contribution in [-0.4, -0.2) is 62.4 Å². The van der Waals surface area contributed by atoms with Crippen molar-refractivity contribution in [1.82, 2.24) is 9.88 Å². The fourth-order valence-electron chi connectivity index (χ4n) is 2.47. The Morgan fingerprint density at radius 1 is 1.43 bits per heavy atom. The SMILES string of the molecule is O=C1Nc2nc(Cl)ccc2CN1[C@@H]1O[C@H](CO)[C@@H](O)[C@H]1O. The minimum Gasteiger partial charge on any atom is -0.394 e. The van der Waals surface area contributed by atoms with E-state index in [2.05, 4.69) is 10.3 Å². The number of urea groups is 1. The fraction of sp³-hybridized carbons (Fsp3) is 0.500. The largest absolute Gasteiger partial charge is 0.394 e. The first-order chi connectivity index (χ1) is 10.0. The summed E-state index contributed by atoms with van der Waals surface area (Å²) in [4.78, 5) is 17.3. The Hall–Kier alpha value is -1.45. The summed E-state index contributed by atoms with van der Waals surface area (Å²) in [7, 11) is 0. The van der Waals surface area contributed by atoms with Crippen molar-refractivity contribution in [3.8, 4) is 0 Å². The van der Waals surface area contributed by atoms with Gasteiger partial charge < -0.3 is 20.1 Å². The zero-order valence-corrected chi connectivity index (χ0v) is 11.6. The van der Waals surface area contributed by atoms with Crippen LogP contribution in [0.3, 0.4) is 0 Å². The minimum atomic E-state index is -1.30. The van der Waals surface area contributed by atoms with Gasteiger partial charge in [-0.25, -0.2) is 9.78 Å². The van der Waals surface area contributed by atoms with Crippen LogP contribution in [0.5, 0.6) is 0 Å². The van der Waals surface area contributed by atoms with Crippen molar-refractivity contribution in [2.75, 3.05) is 11.9 Å². The number of hydrogen-bond acceptors (Lipinski definition) is 6. The van der Waals surface area contributed by atoms with Gasteiger partial charge in [0.05, 0.1) is 13.2 Å². The maximum absolute atomic E-state index is 12.1. The standard InChI is InChI=1S/C12H14ClN3O5/c13-7-2-1-5-3-16(12(20)15-10(5)14-7)11-9(19)8(18)6(4-17)21-11/h1-2,6,8-9,11,17-19H,3-4H2,(H,14,15,20)/t6-,8-,9-,11-/m1/s1. The van der Waals surface area contributed by atoms with Crippen LogP contribution >= 0.6 is 11.6 Å². The maximum Gasteiger partial charge on any atom is 0.325 e. The van der Waals surface area contributed by atoms with Crippen molar-refractivity contribution in [2.24, 2.45) is 0 Å². The summed E-state index contributed by atoms with van der Waals surface area (Å²) in [6.45, 7) is -0.296. The first-order valence-corrected chi connectivity index (χ1v) is 6.74. The summed E-state index contributed by atoms with van der Waals surface area (Å²) in [5.41, 5.74) is 0.705. The molecular formula is C12H14ClN3O5. The van der Waals surface area contributed by atoms with Gasteiger partial charge in [0.25, 0.3) is 0 Å². The molecule has 8 nitrogen and oxygen atoms in total. The second-order valence-electron chi connectivity index (χ2n) is 4.93. The molecule has 2 aliphatic rings. The zero-order chi connectivity index (χ0) is 15.1. The lowest BCUT2D eigenvalue weighted by atomic mass is 10.1. The molecule has 114 valence electrons. The Bertz CT molecular complexity index is 572. The van der Waals surface area contributed by atoms with Crippen molar-refractivity contribution < 1.29 is 24.9 Å². The number of aromatic nitrogens is 1. The molecule has 21 heavy (non-hydrogen) atoms. The summed E-state index contributed by atoms with van der Waals surface area (Å²) < 4.78 is 5.35. The number of carbonyl (C=O) groups excluding carboxylic acids is 1. The second kappa shape index (κ2) is 5.39. The highest BCUT2D eigenvalue weighted by Crippen LogP contribution is 2.30. The highest BCUT2D eigenvalue weighted by Gasteiger charge is 2.47. The Labute approximate surface area is 124 Å². The lowest BCUT2D eigenvalue weighted by molar-refractivity contribution is -0.0809. The van der Waals surface area contributed by atoms with Crippen LogP contribution in [0.25, 0.3) is 0 Å². The van der Waals surface area contributed by atoms with Gasteiger partial charge in [-0.1, -0.05) is 17.7 Å². The highest BCUT2D eigenvalue weighted by molar-refractivity contribution is 6.29. The molecule has 0 bridgehead atoms. The molecule has 1 aromatic rings. The normalized spacial score (nSPS) is 32.0. The first kappa shape index (κ1) is 14.5. The number of nitrogens with zero attached hydrogens (tertiary/aromatic N) is 2. The summed E-state index contributed by atoms with van der Waals surface area (Å²) in [5, 5.41) is 31.6. The van der Waals surface area contributed by atoms with E-state index < -0.39 is 37.2 Å². The maximum atomic E-state index is 12.1. The molecule has 3 heterocycles. The van der Waals surface area contributed by atoms with E-state index in [1.165, 1.54) is 4.90 Å². The number of anilines is 1. The molecule has 0 saturated carbocycles. The number of aliphatic hydroxyl groups is 3. The molecule has 2 aliphatic heterocycles. The number of aliphatic hydroxyl groups excluding tert-OH is 3. The third kappa shape index (κ3) is 2.45. The van der Waals surface area contributed by atoms with E-state index in [1.807, 2.05) is 0 Å². The number of fused-ring (bicyclic) bond motifs is 1. The summed E-state index contributed by atoms with van der Waals surface area (Å²) >= 11 is 5.77. The summed E-state index contributed by atoms with van der Waals surface area (Å²) in [6, 6.07) is 2.78. The third-order valence-corrected chi connectivity index (χ3v) is 3.81. The van der Waals surface area contributed by atoms with Gasteiger partial charge in [0, 0.05) is 5.56 Å². The predicted octanol–water partition coefficient (Wildman–Crippen LogP) is -0.479. The summed E-state index contributed by atoms with van der Waals surface area (Å²) in [6.07, 6.45) is -4.52. The Balaban J connectivity index is 1.84. The lowest BCUT2D eigenvalue weighted by Crippen LogP contribution is -2.50. The van der Waals surface area contributed by atoms with Crippen LogP contribution in [0.1, 0.15) is 5.56 Å². The smallest absolute Gasteiger partial charge is 0.325 e. The van der Waals surface area contributed by atoms with Crippen molar-refractivity contribution in [1.29, 1.82) is 0 Å². The van der Waals surface area contributed by atoms with Crippen LogP contribution in [0, 0.1) is 0 Å². The van der Waals surface area contributed by atoms with Gasteiger partial charge in [-0.05, 0) is 6.07 Å². The molecule has 0 radical (unpaired) electrons. The van der Waals surface area contributed by atoms with E-state index in [4.69, 9.17) is 21.4 Å². The molecule has 2 amide bonds. The number of nitrogens with one attached hydrogen (secondary N) is 1. The van der Waals surface area contributed by atoms with Gasteiger partial charge in [-0.15, -0.1) is 0 Å². The summed E-state index contributed by atoms with van der Waals surface area (Å²) in [5.74, 6) is 0.357. The van der Waals surface area contributed by atoms with Crippen LogP contribution in [0.15, 0.2) is 12.1 Å². The molecule has 4 N–H and O–H groups in total. The Morgan fingerprint density at radius 2 is 2.19 bits per heavy atom. The van der Waals surface area contributed by atoms with Gasteiger partial charge in [0.15, 0.2) is 6.23 Å². The fourth-order valence-corrected chi connectivity index (χ4v) is 2.62. The number of ether oxygens (including phenoxy) is 1. The predicted molar refractivity (Wildman–Crippen MR) is 71.6 cm³/mol. The van der Waals surface area contributed by atoms with Crippen LogP contribution < -0.4 is 5.32 Å². The van der Waals surface area contributed by atoms with E-state index in [9.17, 15) is 15.0 Å². The number of pyridine rings is 1. The molecule has 0 aromatic carbocycles. The first-order valence-electron chi connectivity index (χ1n) is 6.36. The molecule has 1 saturated heterocycles. The Morgan fingerprint density at radius 3 is 2.86 bits per heavy atom. The zero-order valence-electron chi connectivity index (χ0n) is 10.8. The number of hydrogen-bond donors (Lipinski definition) is 4. The van der Waals surface area contributed by atoms with E-state index in [0.717, 1.165) is 0 Å². The van der Waals surface area contributed by atoms with E-state index >= 15 is 0 Å². The van der Waals surface area contributed by atoms with Crippen LogP contribution in [-0.2, 0) is 11.3 Å². The van der Waals surface area contributed by atoms with Gasteiger partial charge in [0.1, 0.15) is 29.3 Å². The minimum absolute atomic E-state index is 0.151. The van der Waals surface area contributed by atoms with Crippen molar-refractivity contribution >= 4 is 23.4 Å². The third-order valence-electron chi connectivity index (χ3n) is 3.60. The molecule has 1 fully saturated rings. The Kier molecular flexibility index (Phi) is 3.72. The van der Waals surface area contributed by atoms with E-state index in [-0.39, 0.29) is 11.7 Å². The second-order valence-corrected chi connectivity index (χ2v) is 5.32. The molecule has 9 heteroatoms. The molecule has 1 aromatic heterocycles. The average Bonchev–Trinajstić information content (AvgIpc) is 2.74. The molecule has 0 unspecified atom stereocenters. The lowest BCUT2D eigenvalue weighted by Gasteiger charge is -2.34. The topological polar surface area (TPSA) is 115 Å². The number of amides is 2. The van der Waals surface area contributed by atoms with Gasteiger partial charge in [-0.2, -0.15) is 0 Å². The quantitative estimate of drug-likeness (QED) is 0.548. The van der Waals surface area contributed by atoms with E-state index in [0.29, 0.717) is 11.4 Å². The van der Waals surface area contributed by atoms with Crippen LogP contribution in [0.4, 0.5) is 10.6 Å². The average molecular weight is 316 g/mol. The van der Waals surface area contributed by atoms with Gasteiger partial charge in [0.2, 0.25) is 0 Å². The van der Waals surface area contributed by atoms with Gasteiger partial charge >= 0.3 is 6.03 Å². The molecule has 4 atom stereocenters. The molecule has 3 rings (SSSR count). The monoisotopic (exact) mass is 315 g/mol. The van der Waals surface area contributed by atoms with Crippen LogP contribution in [0.2, 0.25) is 5.15 Å². The number of carbonyl (C=O) groups is 1. The van der Waals surface area contributed by atoms with Gasteiger partial charge in [-0.3, -0.25) is 10.2 Å². The molecular weight excluding hydrogens is 302 g/mol. The number of rotatable bonds is 2. The van der Waals surface area contributed by atoms with E-state index in [1.54, 1.807) is 12.1 Å². The molecule has 0 aliphatic carbocycles. The molecule has 0 spiro atoms. The van der Waals surface area contributed by atoms with Crippen molar-refractivity contribution in [2.45, 2.75) is 31.1 Å². The van der Waals surface area contributed by atoms with Crippen molar-refractivity contribution in [3.05, 3.63) is 22.8 Å². The number of halogens is 1. The highest BCUT2D eigenvalue weighted by atomic mass is 35.5.